The lowest BCUT2D eigenvalue weighted by atomic mass is 9.79. The van der Waals surface area contributed by atoms with E-state index in [-0.39, 0.29) is 0 Å². The first-order chi connectivity index (χ1) is 14.7. The zero-order valence-electron chi connectivity index (χ0n) is 18.9. The molecule has 2 heteroatoms. The van der Waals surface area contributed by atoms with Crippen LogP contribution < -0.4 is 0 Å². The molecule has 1 aromatic carbocycles. The summed E-state index contributed by atoms with van der Waals surface area (Å²) in [6.45, 7) is 2.27. The molecule has 0 amide bonds. The van der Waals surface area contributed by atoms with Crippen molar-refractivity contribution in [2.75, 3.05) is 0 Å². The molecule has 0 aromatic heterocycles. The van der Waals surface area contributed by atoms with Crippen molar-refractivity contribution in [2.45, 2.75) is 96.8 Å². The molecule has 0 bridgehead atoms. The maximum absolute atomic E-state index is 12.8. The largest absolute Gasteiger partial charge is 0.199 e. The number of benzene rings is 1. The summed E-state index contributed by atoms with van der Waals surface area (Å²) in [7, 11) is 0. The molecule has 2 rings (SSSR count). The van der Waals surface area contributed by atoms with Crippen molar-refractivity contribution in [2.24, 2.45) is 11.8 Å². The van der Waals surface area contributed by atoms with Crippen molar-refractivity contribution in [3.05, 3.63) is 59.4 Å². The smallest absolute Gasteiger partial charge is 0.195 e. The molecule has 0 heterocycles. The first kappa shape index (κ1) is 24.4. The Hall–Kier alpha value is -1.88. The van der Waals surface area contributed by atoms with Crippen molar-refractivity contribution in [3.8, 4) is 6.07 Å². The van der Waals surface area contributed by atoms with Gasteiger partial charge in [-0.05, 0) is 80.4 Å². The predicted molar refractivity (Wildman–Crippen MR) is 126 cm³/mol. The summed E-state index contributed by atoms with van der Waals surface area (Å²) in [6, 6.07) is 10.9. The molecule has 30 heavy (non-hydrogen) atoms. The van der Waals surface area contributed by atoms with E-state index in [0.29, 0.717) is 5.92 Å². The van der Waals surface area contributed by atoms with Crippen LogP contribution in [0.2, 0.25) is 0 Å². The number of rotatable bonds is 13. The lowest BCUT2D eigenvalue weighted by Gasteiger charge is -2.26. The van der Waals surface area contributed by atoms with Gasteiger partial charge in [-0.2, -0.15) is 9.65 Å². The van der Waals surface area contributed by atoms with Crippen LogP contribution in [0.15, 0.2) is 48.3 Å². The average molecular weight is 410 g/mol. The van der Waals surface area contributed by atoms with E-state index in [1.54, 1.807) is 6.08 Å². The summed E-state index contributed by atoms with van der Waals surface area (Å²) in [6.07, 6.45) is 23.2. The Morgan fingerprint density at radius 3 is 2.13 bits per heavy atom. The molecular weight excluding hydrogens is 369 g/mol. The minimum absolute atomic E-state index is 0.550. The van der Waals surface area contributed by atoms with Crippen LogP contribution in [0.3, 0.4) is 0 Å². The maximum atomic E-state index is 12.8. The Morgan fingerprint density at radius 2 is 1.53 bits per heavy atom. The first-order valence-corrected chi connectivity index (χ1v) is 12.2. The van der Waals surface area contributed by atoms with Gasteiger partial charge in [0.15, 0.2) is 5.83 Å². The van der Waals surface area contributed by atoms with Crippen LogP contribution in [0.1, 0.15) is 95.1 Å². The highest BCUT2D eigenvalue weighted by atomic mass is 19.1. The lowest BCUT2D eigenvalue weighted by Crippen LogP contribution is -2.13. The number of nitriles is 1. The third-order valence-electron chi connectivity index (χ3n) is 6.54. The van der Waals surface area contributed by atoms with Crippen molar-refractivity contribution < 1.29 is 4.39 Å². The number of unbranched alkanes of at least 4 members (excludes halogenated alkanes) is 5. The fraction of sp³-hybridized carbons (Fsp3) is 0.607. The Morgan fingerprint density at radius 1 is 0.933 bits per heavy atom. The first-order valence-electron chi connectivity index (χ1n) is 12.2. The molecule has 1 saturated carbocycles. The standard InChI is InChI=1S/C28H40FN/c1-2-3-4-5-6-10-24-15-17-25(18-16-24)11-7-8-12-26-19-21-27(22-20-26)13-9-14-28(29)23-30/h9,13-18,26-27H,2-8,10-12,19-22H2,1H3/t26-,27-. The SMILES string of the molecule is CCCCCCCc1ccc(CCCC[C@H]2CC[C@H](C=CC=C(F)C#N)CC2)cc1. The second-order valence-corrected chi connectivity index (χ2v) is 9.02. The van der Waals surface area contributed by atoms with E-state index in [2.05, 4.69) is 37.3 Å². The van der Waals surface area contributed by atoms with Crippen LogP contribution in [-0.2, 0) is 12.8 Å². The van der Waals surface area contributed by atoms with Crippen LogP contribution >= 0.6 is 0 Å². The van der Waals surface area contributed by atoms with E-state index < -0.39 is 5.83 Å². The number of nitrogens with zero attached hydrogens (tertiary/aromatic N) is 1. The molecule has 1 aromatic rings. The Kier molecular flexibility index (Phi) is 12.2. The van der Waals surface area contributed by atoms with Crippen LogP contribution in [0.5, 0.6) is 0 Å². The second kappa shape index (κ2) is 15.0. The summed E-state index contributed by atoms with van der Waals surface area (Å²) < 4.78 is 12.8. The average Bonchev–Trinajstić information content (AvgIpc) is 2.78. The molecule has 0 unspecified atom stereocenters. The number of hydrogen-bond donors (Lipinski definition) is 0. The van der Waals surface area contributed by atoms with E-state index in [9.17, 15) is 4.39 Å². The fourth-order valence-electron chi connectivity index (χ4n) is 4.57. The minimum atomic E-state index is -0.711. The zero-order chi connectivity index (χ0) is 21.4. The third-order valence-corrected chi connectivity index (χ3v) is 6.54. The Labute approximate surface area is 184 Å². The van der Waals surface area contributed by atoms with Crippen molar-refractivity contribution in [3.63, 3.8) is 0 Å². The molecule has 1 aliphatic rings. The van der Waals surface area contributed by atoms with Gasteiger partial charge in [0.05, 0.1) is 0 Å². The number of aryl methyl sites for hydroxylation is 2. The molecule has 0 N–H and O–H groups in total. The van der Waals surface area contributed by atoms with Gasteiger partial charge in [0.1, 0.15) is 6.07 Å². The highest BCUT2D eigenvalue weighted by Crippen LogP contribution is 2.32. The molecule has 1 aliphatic carbocycles. The van der Waals surface area contributed by atoms with Crippen LogP contribution in [-0.4, -0.2) is 0 Å². The molecule has 0 atom stereocenters. The van der Waals surface area contributed by atoms with Crippen LogP contribution in [0, 0.1) is 23.2 Å². The summed E-state index contributed by atoms with van der Waals surface area (Å²) in [5, 5.41) is 8.42. The van der Waals surface area contributed by atoms with Crippen molar-refractivity contribution >= 4 is 0 Å². The quantitative estimate of drug-likeness (QED) is 0.182. The van der Waals surface area contributed by atoms with E-state index in [0.717, 1.165) is 5.92 Å². The highest BCUT2D eigenvalue weighted by molar-refractivity contribution is 5.22. The molecule has 1 nitrogen and oxygen atoms in total. The van der Waals surface area contributed by atoms with Crippen LogP contribution in [0.25, 0.3) is 0 Å². The molecule has 0 spiro atoms. The van der Waals surface area contributed by atoms with Gasteiger partial charge in [0, 0.05) is 0 Å². The van der Waals surface area contributed by atoms with Crippen molar-refractivity contribution in [1.29, 1.82) is 5.26 Å². The summed E-state index contributed by atoms with van der Waals surface area (Å²) in [4.78, 5) is 0. The topological polar surface area (TPSA) is 23.8 Å². The fourth-order valence-corrected chi connectivity index (χ4v) is 4.57. The summed E-state index contributed by atoms with van der Waals surface area (Å²) in [5.74, 6) is 0.697. The molecule has 0 radical (unpaired) electrons. The molecule has 1 fully saturated rings. The van der Waals surface area contributed by atoms with Gasteiger partial charge in [-0.25, -0.2) is 0 Å². The van der Waals surface area contributed by atoms with Gasteiger partial charge in [0.25, 0.3) is 0 Å². The monoisotopic (exact) mass is 409 g/mol. The summed E-state index contributed by atoms with van der Waals surface area (Å²) >= 11 is 0. The van der Waals surface area contributed by atoms with E-state index in [1.807, 2.05) is 0 Å². The van der Waals surface area contributed by atoms with E-state index in [4.69, 9.17) is 5.26 Å². The Bertz CT molecular complexity index is 672. The van der Waals surface area contributed by atoms with E-state index in [1.165, 1.54) is 113 Å². The normalized spacial score (nSPS) is 19.8. The molecular formula is C28H40FN. The minimum Gasteiger partial charge on any atom is -0.195 e. The molecule has 0 saturated heterocycles. The van der Waals surface area contributed by atoms with E-state index >= 15 is 0 Å². The predicted octanol–water partition coefficient (Wildman–Crippen LogP) is 8.65. The number of halogens is 1. The zero-order valence-corrected chi connectivity index (χ0v) is 18.9. The van der Waals surface area contributed by atoms with Crippen molar-refractivity contribution in [1.82, 2.24) is 0 Å². The summed E-state index contributed by atoms with van der Waals surface area (Å²) in [5.41, 5.74) is 2.98. The number of allylic oxidation sites excluding steroid dienone is 4. The maximum Gasteiger partial charge on any atom is 0.199 e. The van der Waals surface area contributed by atoms with Gasteiger partial charge in [-0.1, -0.05) is 81.9 Å². The van der Waals surface area contributed by atoms with Gasteiger partial charge < -0.3 is 0 Å². The van der Waals surface area contributed by atoms with Gasteiger partial charge in [0.2, 0.25) is 0 Å². The third kappa shape index (κ3) is 10.2. The molecule has 164 valence electrons. The van der Waals surface area contributed by atoms with Crippen LogP contribution in [0.4, 0.5) is 4.39 Å². The molecule has 0 aliphatic heterocycles. The van der Waals surface area contributed by atoms with Gasteiger partial charge in [-0.3, -0.25) is 0 Å². The second-order valence-electron chi connectivity index (χ2n) is 9.02. The lowest BCUT2D eigenvalue weighted by molar-refractivity contribution is 0.289. The Balaban J connectivity index is 1.55. The van der Waals surface area contributed by atoms with Gasteiger partial charge in [-0.15, -0.1) is 0 Å². The highest BCUT2D eigenvalue weighted by Gasteiger charge is 2.18. The number of hydrogen-bond acceptors (Lipinski definition) is 1. The van der Waals surface area contributed by atoms with Gasteiger partial charge >= 0.3 is 0 Å².